The number of imidazole rings is 1. The molecule has 0 radical (unpaired) electrons. The fraction of sp³-hybridized carbons (Fsp3) is 0. The number of hydrogen-bond donors (Lipinski definition) is 3. The number of rotatable bonds is 5. The normalized spacial score (nSPS) is 11.1. The first-order valence-corrected chi connectivity index (χ1v) is 10.9. The van der Waals surface area contributed by atoms with E-state index < -0.39 is 0 Å². The average Bonchev–Trinajstić information content (AvgIpc) is 3.29. The largest absolute Gasteiger partial charge is 0.355 e. The zero-order valence-corrected chi connectivity index (χ0v) is 18.1. The first-order chi connectivity index (χ1) is 16.7. The third kappa shape index (κ3) is 3.93. The van der Waals surface area contributed by atoms with Gasteiger partial charge in [-0.3, -0.25) is 4.98 Å². The van der Waals surface area contributed by atoms with E-state index in [1.54, 1.807) is 24.5 Å². The van der Waals surface area contributed by atoms with Gasteiger partial charge < -0.3 is 15.6 Å². The van der Waals surface area contributed by atoms with Crippen LogP contribution in [0.1, 0.15) is 0 Å². The highest BCUT2D eigenvalue weighted by Gasteiger charge is 2.08. The summed E-state index contributed by atoms with van der Waals surface area (Å²) >= 11 is 0. The van der Waals surface area contributed by atoms with Crippen LogP contribution in [0.25, 0.3) is 33.2 Å². The summed E-state index contributed by atoms with van der Waals surface area (Å²) in [6, 6.07) is 28.6. The minimum atomic E-state index is -0.249. The number of aromatic nitrogens is 3. The van der Waals surface area contributed by atoms with Crippen LogP contribution in [-0.4, -0.2) is 15.0 Å². The third-order valence-corrected chi connectivity index (χ3v) is 5.73. The summed E-state index contributed by atoms with van der Waals surface area (Å²) < 4.78 is 13.8. The maximum atomic E-state index is 13.8. The molecule has 0 fully saturated rings. The van der Waals surface area contributed by atoms with Crippen LogP contribution in [0.2, 0.25) is 0 Å². The molecule has 5 nitrogen and oxygen atoms in total. The summed E-state index contributed by atoms with van der Waals surface area (Å²) in [7, 11) is 0. The lowest BCUT2D eigenvalue weighted by Gasteiger charge is -2.10. The van der Waals surface area contributed by atoms with Crippen molar-refractivity contribution in [3.05, 3.63) is 109 Å². The van der Waals surface area contributed by atoms with Gasteiger partial charge in [-0.1, -0.05) is 18.2 Å². The molecule has 2 heterocycles. The van der Waals surface area contributed by atoms with Crippen LogP contribution in [0.15, 0.2) is 103 Å². The lowest BCUT2D eigenvalue weighted by molar-refractivity contribution is 0.630. The molecule has 0 atom stereocenters. The standard InChI is InChI=1S/C28H20FN5/c29-20-7-4-18-2-1-3-25(24(18)16-20)32-21-8-5-19(6-9-21)28-33-26-11-10-23(17-27(26)34-28)31-22-12-14-30-15-13-22/h1-17,32H,(H,30,31)(H,33,34). The van der Waals surface area contributed by atoms with Gasteiger partial charge in [0.15, 0.2) is 0 Å². The predicted molar refractivity (Wildman–Crippen MR) is 136 cm³/mol. The average molecular weight is 446 g/mol. The van der Waals surface area contributed by atoms with E-state index in [-0.39, 0.29) is 5.82 Å². The highest BCUT2D eigenvalue weighted by molar-refractivity contribution is 5.95. The van der Waals surface area contributed by atoms with Crippen molar-refractivity contribution in [1.29, 1.82) is 0 Å². The van der Waals surface area contributed by atoms with Gasteiger partial charge in [0.2, 0.25) is 0 Å². The lowest BCUT2D eigenvalue weighted by Crippen LogP contribution is -1.92. The zero-order chi connectivity index (χ0) is 22.9. The van der Waals surface area contributed by atoms with Gasteiger partial charge in [-0.25, -0.2) is 9.37 Å². The van der Waals surface area contributed by atoms with Crippen molar-refractivity contribution >= 4 is 44.6 Å². The van der Waals surface area contributed by atoms with Crippen molar-refractivity contribution < 1.29 is 4.39 Å². The molecule has 164 valence electrons. The molecule has 34 heavy (non-hydrogen) atoms. The first-order valence-electron chi connectivity index (χ1n) is 10.9. The Morgan fingerprint density at radius 3 is 2.35 bits per heavy atom. The lowest BCUT2D eigenvalue weighted by atomic mass is 10.1. The summed E-state index contributed by atoms with van der Waals surface area (Å²) in [6.07, 6.45) is 3.51. The fourth-order valence-corrected chi connectivity index (χ4v) is 4.04. The van der Waals surface area contributed by atoms with Crippen LogP contribution >= 0.6 is 0 Å². The SMILES string of the molecule is Fc1ccc2cccc(Nc3ccc(-c4nc5cc(Nc6ccncc6)ccc5[nH]4)cc3)c2c1. The van der Waals surface area contributed by atoms with E-state index in [1.807, 2.05) is 72.8 Å². The second-order valence-corrected chi connectivity index (χ2v) is 8.05. The smallest absolute Gasteiger partial charge is 0.138 e. The van der Waals surface area contributed by atoms with Crippen molar-refractivity contribution in [1.82, 2.24) is 15.0 Å². The highest BCUT2D eigenvalue weighted by Crippen LogP contribution is 2.29. The van der Waals surface area contributed by atoms with Crippen molar-refractivity contribution in [3.63, 3.8) is 0 Å². The summed E-state index contributed by atoms with van der Waals surface area (Å²) in [5.74, 6) is 0.552. The molecule has 3 N–H and O–H groups in total. The molecule has 0 aliphatic carbocycles. The Balaban J connectivity index is 1.25. The Bertz CT molecular complexity index is 1610. The number of anilines is 4. The van der Waals surface area contributed by atoms with Crippen molar-refractivity contribution in [2.45, 2.75) is 0 Å². The zero-order valence-electron chi connectivity index (χ0n) is 18.1. The van der Waals surface area contributed by atoms with Crippen LogP contribution < -0.4 is 10.6 Å². The molecule has 6 aromatic rings. The summed E-state index contributed by atoms with van der Waals surface area (Å²) in [5, 5.41) is 8.60. The second-order valence-electron chi connectivity index (χ2n) is 8.05. The number of fused-ring (bicyclic) bond motifs is 2. The molecule has 0 aliphatic rings. The van der Waals surface area contributed by atoms with Gasteiger partial charge in [0, 0.05) is 46.1 Å². The van der Waals surface area contributed by atoms with E-state index in [2.05, 4.69) is 20.6 Å². The Morgan fingerprint density at radius 1 is 0.706 bits per heavy atom. The molecule has 6 rings (SSSR count). The fourth-order valence-electron chi connectivity index (χ4n) is 4.04. The van der Waals surface area contributed by atoms with Gasteiger partial charge in [-0.05, 0) is 78.2 Å². The maximum absolute atomic E-state index is 13.8. The minimum Gasteiger partial charge on any atom is -0.355 e. The molecular weight excluding hydrogens is 425 g/mol. The van der Waals surface area contributed by atoms with Crippen molar-refractivity contribution in [2.24, 2.45) is 0 Å². The topological polar surface area (TPSA) is 65.6 Å². The van der Waals surface area contributed by atoms with Gasteiger partial charge in [0.1, 0.15) is 11.6 Å². The van der Waals surface area contributed by atoms with E-state index in [4.69, 9.17) is 4.98 Å². The second kappa shape index (κ2) is 8.33. The molecule has 0 spiro atoms. The van der Waals surface area contributed by atoms with Crippen molar-refractivity contribution in [2.75, 3.05) is 10.6 Å². The van der Waals surface area contributed by atoms with Gasteiger partial charge in [0.05, 0.1) is 11.0 Å². The molecule has 0 unspecified atom stereocenters. The summed E-state index contributed by atoms with van der Waals surface area (Å²) in [5.41, 5.74) is 6.55. The summed E-state index contributed by atoms with van der Waals surface area (Å²) in [6.45, 7) is 0. The number of aromatic amines is 1. The van der Waals surface area contributed by atoms with Gasteiger partial charge in [-0.2, -0.15) is 0 Å². The van der Waals surface area contributed by atoms with Gasteiger partial charge >= 0.3 is 0 Å². The Hall–Kier alpha value is -4.71. The first kappa shape index (κ1) is 19.9. The van der Waals surface area contributed by atoms with Crippen LogP contribution in [0.4, 0.5) is 27.1 Å². The van der Waals surface area contributed by atoms with Crippen molar-refractivity contribution in [3.8, 4) is 11.4 Å². The molecule has 4 aromatic carbocycles. The molecule has 0 saturated heterocycles. The molecule has 2 aromatic heterocycles. The number of nitrogens with zero attached hydrogens (tertiary/aromatic N) is 2. The molecule has 0 saturated carbocycles. The van der Waals surface area contributed by atoms with E-state index in [0.717, 1.165) is 55.9 Å². The number of halogens is 1. The number of hydrogen-bond acceptors (Lipinski definition) is 4. The van der Waals surface area contributed by atoms with Crippen LogP contribution in [0, 0.1) is 5.82 Å². The number of H-pyrrole nitrogens is 1. The highest BCUT2D eigenvalue weighted by atomic mass is 19.1. The monoisotopic (exact) mass is 445 g/mol. The summed E-state index contributed by atoms with van der Waals surface area (Å²) in [4.78, 5) is 12.2. The Morgan fingerprint density at radius 2 is 1.50 bits per heavy atom. The number of pyridine rings is 1. The maximum Gasteiger partial charge on any atom is 0.138 e. The molecule has 6 heteroatoms. The quantitative estimate of drug-likeness (QED) is 0.259. The van der Waals surface area contributed by atoms with Crippen LogP contribution in [0.5, 0.6) is 0 Å². The number of nitrogens with one attached hydrogen (secondary N) is 3. The van der Waals surface area contributed by atoms with Crippen LogP contribution in [-0.2, 0) is 0 Å². The van der Waals surface area contributed by atoms with Crippen LogP contribution in [0.3, 0.4) is 0 Å². The van der Waals surface area contributed by atoms with E-state index in [0.29, 0.717) is 0 Å². The minimum absolute atomic E-state index is 0.249. The molecule has 0 amide bonds. The third-order valence-electron chi connectivity index (χ3n) is 5.73. The molecule has 0 aliphatic heterocycles. The molecule has 0 bridgehead atoms. The van der Waals surface area contributed by atoms with E-state index in [1.165, 1.54) is 6.07 Å². The van der Waals surface area contributed by atoms with E-state index in [9.17, 15) is 4.39 Å². The number of benzene rings is 4. The van der Waals surface area contributed by atoms with E-state index >= 15 is 0 Å². The molecular formula is C28H20FN5. The predicted octanol–water partition coefficient (Wildman–Crippen LogP) is 7.40. The Labute approximate surface area is 195 Å². The Kier molecular flexibility index (Phi) is 4.88. The van der Waals surface area contributed by atoms with Gasteiger partial charge in [-0.15, -0.1) is 0 Å². The van der Waals surface area contributed by atoms with Gasteiger partial charge in [0.25, 0.3) is 0 Å².